The molecule has 21 heavy (non-hydrogen) atoms. The van der Waals surface area contributed by atoms with E-state index in [-0.39, 0.29) is 0 Å². The number of benzene rings is 3. The van der Waals surface area contributed by atoms with Crippen LogP contribution in [0, 0.1) is 0 Å². The molecule has 3 aromatic carbocycles. The van der Waals surface area contributed by atoms with E-state index in [4.69, 9.17) is 9.90 Å². The van der Waals surface area contributed by atoms with Gasteiger partial charge in [0.2, 0.25) is 0 Å². The van der Waals surface area contributed by atoms with E-state index in [1.165, 1.54) is 5.56 Å². The summed E-state index contributed by atoms with van der Waals surface area (Å²) in [6.45, 7) is 1.08. The second-order valence-corrected chi connectivity index (χ2v) is 4.56. The van der Waals surface area contributed by atoms with E-state index in [0.717, 1.165) is 23.3 Å². The van der Waals surface area contributed by atoms with Crippen LogP contribution in [0.25, 0.3) is 21.9 Å². The Morgan fingerprint density at radius 2 is 1.33 bits per heavy atom. The van der Waals surface area contributed by atoms with Gasteiger partial charge in [0.1, 0.15) is 5.75 Å². The largest absolute Gasteiger partial charge is 0.507 e. The SMILES string of the molecule is CC(=O)O.Oc1ccc(-c2ccccc2)c2ccccc12. The number of hydrogen-bond donors (Lipinski definition) is 2. The first-order valence-corrected chi connectivity index (χ1v) is 6.55. The van der Waals surface area contributed by atoms with Crippen molar-refractivity contribution in [2.24, 2.45) is 0 Å². The van der Waals surface area contributed by atoms with Crippen molar-refractivity contribution in [3.8, 4) is 16.9 Å². The Bertz CT molecular complexity index is 745. The standard InChI is InChI=1S/C16H12O.C2H4O2/c17-16-11-10-13(12-6-2-1-3-7-12)14-8-4-5-9-15(14)16;1-2(3)4/h1-11,17H;1H3,(H,3,4). The number of aliphatic carboxylic acids is 1. The number of carbonyl (C=O) groups is 1. The number of phenols is 1. The van der Waals surface area contributed by atoms with Crippen molar-refractivity contribution in [2.75, 3.05) is 0 Å². The Morgan fingerprint density at radius 3 is 1.95 bits per heavy atom. The van der Waals surface area contributed by atoms with Gasteiger partial charge in [-0.25, -0.2) is 0 Å². The molecule has 3 nitrogen and oxygen atoms in total. The monoisotopic (exact) mass is 280 g/mol. The van der Waals surface area contributed by atoms with E-state index in [2.05, 4.69) is 12.1 Å². The van der Waals surface area contributed by atoms with Gasteiger partial charge in [-0.3, -0.25) is 4.79 Å². The molecule has 0 aliphatic heterocycles. The minimum absolute atomic E-state index is 0.334. The molecule has 0 saturated carbocycles. The van der Waals surface area contributed by atoms with Crippen molar-refractivity contribution in [3.05, 3.63) is 66.7 Å². The molecule has 0 unspecified atom stereocenters. The van der Waals surface area contributed by atoms with Gasteiger partial charge in [0.25, 0.3) is 5.97 Å². The van der Waals surface area contributed by atoms with Crippen molar-refractivity contribution in [1.82, 2.24) is 0 Å². The van der Waals surface area contributed by atoms with E-state index < -0.39 is 5.97 Å². The Kier molecular flexibility index (Phi) is 4.57. The van der Waals surface area contributed by atoms with Gasteiger partial charge < -0.3 is 10.2 Å². The second-order valence-electron chi connectivity index (χ2n) is 4.56. The van der Waals surface area contributed by atoms with Crippen LogP contribution >= 0.6 is 0 Å². The van der Waals surface area contributed by atoms with Crippen LogP contribution in [0.3, 0.4) is 0 Å². The number of phenolic OH excluding ortho intramolecular Hbond substituents is 1. The summed E-state index contributed by atoms with van der Waals surface area (Å²) in [5, 5.41) is 19.2. The fraction of sp³-hybridized carbons (Fsp3) is 0.0556. The first-order chi connectivity index (χ1) is 10.1. The van der Waals surface area contributed by atoms with Crippen molar-refractivity contribution >= 4 is 16.7 Å². The summed E-state index contributed by atoms with van der Waals surface area (Å²) in [4.78, 5) is 9.00. The van der Waals surface area contributed by atoms with Crippen molar-refractivity contribution in [2.45, 2.75) is 6.92 Å². The molecule has 0 saturated heterocycles. The third kappa shape index (κ3) is 3.60. The zero-order chi connectivity index (χ0) is 15.2. The molecule has 0 bridgehead atoms. The van der Waals surface area contributed by atoms with Crippen molar-refractivity contribution < 1.29 is 15.0 Å². The molecular formula is C18H16O3. The third-order valence-corrected chi connectivity index (χ3v) is 2.99. The summed E-state index contributed by atoms with van der Waals surface area (Å²) < 4.78 is 0. The smallest absolute Gasteiger partial charge is 0.300 e. The molecule has 0 aliphatic rings. The number of fused-ring (bicyclic) bond motifs is 1. The lowest BCUT2D eigenvalue weighted by atomic mass is 9.98. The van der Waals surface area contributed by atoms with Crippen LogP contribution in [0.5, 0.6) is 5.75 Å². The second kappa shape index (κ2) is 6.57. The molecule has 0 heterocycles. The first kappa shape index (κ1) is 14.6. The molecule has 0 aliphatic carbocycles. The molecule has 3 aromatic rings. The van der Waals surface area contributed by atoms with Crippen LogP contribution in [0.1, 0.15) is 6.92 Å². The van der Waals surface area contributed by atoms with E-state index in [1.807, 2.05) is 48.5 Å². The molecule has 3 rings (SSSR count). The molecule has 0 fully saturated rings. The topological polar surface area (TPSA) is 57.5 Å². The molecule has 0 radical (unpaired) electrons. The highest BCUT2D eigenvalue weighted by Gasteiger charge is 2.05. The summed E-state index contributed by atoms with van der Waals surface area (Å²) in [6, 6.07) is 21.9. The van der Waals surface area contributed by atoms with Gasteiger partial charge in [-0.1, -0.05) is 60.7 Å². The molecule has 2 N–H and O–H groups in total. The molecular weight excluding hydrogens is 264 g/mol. The number of carboxylic acid groups (broad SMARTS) is 1. The Hall–Kier alpha value is -2.81. The van der Waals surface area contributed by atoms with Gasteiger partial charge in [0.05, 0.1) is 0 Å². The van der Waals surface area contributed by atoms with Gasteiger partial charge in [0, 0.05) is 12.3 Å². The maximum absolute atomic E-state index is 9.84. The molecule has 0 aromatic heterocycles. The Balaban J connectivity index is 0.000000361. The van der Waals surface area contributed by atoms with Gasteiger partial charge in [-0.05, 0) is 22.6 Å². The molecule has 3 heteroatoms. The first-order valence-electron chi connectivity index (χ1n) is 6.55. The van der Waals surface area contributed by atoms with E-state index in [9.17, 15) is 5.11 Å². The van der Waals surface area contributed by atoms with Gasteiger partial charge >= 0.3 is 0 Å². The summed E-state index contributed by atoms with van der Waals surface area (Å²) in [6.07, 6.45) is 0. The molecule has 0 amide bonds. The van der Waals surface area contributed by atoms with Crippen molar-refractivity contribution in [1.29, 1.82) is 0 Å². The average Bonchev–Trinajstić information content (AvgIpc) is 2.48. The van der Waals surface area contributed by atoms with E-state index in [1.54, 1.807) is 6.07 Å². The highest BCUT2D eigenvalue weighted by Crippen LogP contribution is 2.33. The predicted molar refractivity (Wildman–Crippen MR) is 84.4 cm³/mol. The molecule has 0 spiro atoms. The summed E-state index contributed by atoms with van der Waals surface area (Å²) >= 11 is 0. The Labute approximate surface area is 123 Å². The van der Waals surface area contributed by atoms with Gasteiger partial charge in [-0.2, -0.15) is 0 Å². The maximum Gasteiger partial charge on any atom is 0.300 e. The normalized spacial score (nSPS) is 9.76. The fourth-order valence-corrected chi connectivity index (χ4v) is 2.15. The molecule has 0 atom stereocenters. The lowest BCUT2D eigenvalue weighted by molar-refractivity contribution is -0.134. The minimum atomic E-state index is -0.833. The third-order valence-electron chi connectivity index (χ3n) is 2.99. The number of hydrogen-bond acceptors (Lipinski definition) is 2. The minimum Gasteiger partial charge on any atom is -0.507 e. The highest BCUT2D eigenvalue weighted by atomic mass is 16.4. The number of rotatable bonds is 1. The van der Waals surface area contributed by atoms with Crippen LogP contribution < -0.4 is 0 Å². The average molecular weight is 280 g/mol. The zero-order valence-corrected chi connectivity index (χ0v) is 11.7. The van der Waals surface area contributed by atoms with Crippen LogP contribution in [0.15, 0.2) is 66.7 Å². The van der Waals surface area contributed by atoms with E-state index >= 15 is 0 Å². The van der Waals surface area contributed by atoms with Crippen LogP contribution in [-0.2, 0) is 4.79 Å². The van der Waals surface area contributed by atoms with Crippen LogP contribution in [0.2, 0.25) is 0 Å². The summed E-state index contributed by atoms with van der Waals surface area (Å²) in [5.74, 6) is -0.500. The Morgan fingerprint density at radius 1 is 0.810 bits per heavy atom. The number of aromatic hydroxyl groups is 1. The van der Waals surface area contributed by atoms with Crippen molar-refractivity contribution in [3.63, 3.8) is 0 Å². The highest BCUT2D eigenvalue weighted by molar-refractivity contribution is 5.99. The lowest BCUT2D eigenvalue weighted by Crippen LogP contribution is -1.81. The number of carboxylic acids is 1. The quantitative estimate of drug-likeness (QED) is 0.698. The van der Waals surface area contributed by atoms with Gasteiger partial charge in [-0.15, -0.1) is 0 Å². The zero-order valence-electron chi connectivity index (χ0n) is 11.7. The lowest BCUT2D eigenvalue weighted by Gasteiger charge is -2.08. The summed E-state index contributed by atoms with van der Waals surface area (Å²) in [5.41, 5.74) is 2.32. The molecule has 106 valence electrons. The van der Waals surface area contributed by atoms with E-state index in [0.29, 0.717) is 5.75 Å². The van der Waals surface area contributed by atoms with Gasteiger partial charge in [0.15, 0.2) is 0 Å². The predicted octanol–water partition coefficient (Wildman–Crippen LogP) is 4.30. The summed E-state index contributed by atoms with van der Waals surface area (Å²) in [7, 11) is 0. The maximum atomic E-state index is 9.84. The fourth-order valence-electron chi connectivity index (χ4n) is 2.15. The van der Waals surface area contributed by atoms with Crippen LogP contribution in [0.4, 0.5) is 0 Å². The van der Waals surface area contributed by atoms with Crippen LogP contribution in [-0.4, -0.2) is 16.2 Å².